The van der Waals surface area contributed by atoms with E-state index < -0.39 is 28.5 Å². The predicted octanol–water partition coefficient (Wildman–Crippen LogP) is 4.82. The number of sulfonamides is 1. The van der Waals surface area contributed by atoms with Gasteiger partial charge in [0, 0.05) is 30.1 Å². The monoisotopic (exact) mass is 627 g/mol. The van der Waals surface area contributed by atoms with E-state index in [4.69, 9.17) is 21.1 Å². The van der Waals surface area contributed by atoms with Gasteiger partial charge in [0.15, 0.2) is 0 Å². The molecule has 1 atom stereocenters. The molecule has 1 saturated carbocycles. The zero-order valence-corrected chi connectivity index (χ0v) is 26.2. The highest BCUT2D eigenvalue weighted by molar-refractivity contribution is 7.92. The predicted molar refractivity (Wildman–Crippen MR) is 168 cm³/mol. The molecular formula is C32H38ClN3O6S. The molecule has 1 aliphatic carbocycles. The first kappa shape index (κ1) is 32.2. The van der Waals surface area contributed by atoms with Crippen molar-refractivity contribution in [3.05, 3.63) is 88.9 Å². The normalized spacial score (nSPS) is 14.1. The summed E-state index contributed by atoms with van der Waals surface area (Å²) in [5, 5.41) is 3.59. The Morgan fingerprint density at radius 2 is 1.65 bits per heavy atom. The lowest BCUT2D eigenvalue weighted by molar-refractivity contribution is -0.140. The standard InChI is InChI=1S/C32H38ClN3O6S/c1-41-26-17-18-28(30(20-26)42-2)36(43(3,39)40)22-31(37)35(21-24-13-7-10-16-27(24)33)29(19-23-11-5-4-6-12-23)32(38)34-25-14-8-9-15-25/h4-7,10-13,16-18,20,25,29H,8-9,14-15,19,21-22H2,1-3H3,(H,34,38)/t29-/m1/s1. The SMILES string of the molecule is COc1ccc(N(CC(=O)N(Cc2ccccc2Cl)[C@H](Cc2ccccc2)C(=O)NC2CCCC2)S(C)(=O)=O)c(OC)c1. The van der Waals surface area contributed by atoms with Crippen molar-refractivity contribution in [1.29, 1.82) is 0 Å². The summed E-state index contributed by atoms with van der Waals surface area (Å²) in [5.74, 6) is -0.169. The summed E-state index contributed by atoms with van der Waals surface area (Å²) in [6, 6.07) is 20.3. The fourth-order valence-corrected chi connectivity index (χ4v) is 6.37. The number of hydrogen-bond acceptors (Lipinski definition) is 6. The van der Waals surface area contributed by atoms with Crippen molar-refractivity contribution in [3.8, 4) is 11.5 Å². The number of ether oxygens (including phenoxy) is 2. The van der Waals surface area contributed by atoms with Gasteiger partial charge >= 0.3 is 0 Å². The van der Waals surface area contributed by atoms with Gasteiger partial charge in [0.1, 0.15) is 24.1 Å². The maximum absolute atomic E-state index is 14.3. The highest BCUT2D eigenvalue weighted by Crippen LogP contribution is 2.34. The Morgan fingerprint density at radius 1 is 0.977 bits per heavy atom. The van der Waals surface area contributed by atoms with Crippen molar-refractivity contribution in [2.75, 3.05) is 31.3 Å². The Labute approximate surface area is 258 Å². The zero-order chi connectivity index (χ0) is 31.0. The van der Waals surface area contributed by atoms with Crippen molar-refractivity contribution in [1.82, 2.24) is 10.2 Å². The van der Waals surface area contributed by atoms with Crippen molar-refractivity contribution in [3.63, 3.8) is 0 Å². The van der Waals surface area contributed by atoms with Gasteiger partial charge < -0.3 is 19.7 Å². The number of carbonyl (C=O) groups excluding carboxylic acids is 2. The van der Waals surface area contributed by atoms with Crippen LogP contribution in [0.5, 0.6) is 11.5 Å². The molecule has 9 nitrogen and oxygen atoms in total. The summed E-state index contributed by atoms with van der Waals surface area (Å²) in [6.07, 6.45) is 5.08. The molecule has 0 unspecified atom stereocenters. The summed E-state index contributed by atoms with van der Waals surface area (Å²) in [5.41, 5.74) is 1.67. The summed E-state index contributed by atoms with van der Waals surface area (Å²) >= 11 is 6.52. The molecule has 0 bridgehead atoms. The summed E-state index contributed by atoms with van der Waals surface area (Å²) < 4.78 is 38.0. The number of anilines is 1. The van der Waals surface area contributed by atoms with Gasteiger partial charge in [-0.15, -0.1) is 0 Å². The van der Waals surface area contributed by atoms with E-state index in [9.17, 15) is 18.0 Å². The molecule has 230 valence electrons. The van der Waals surface area contributed by atoms with E-state index in [2.05, 4.69) is 5.32 Å². The van der Waals surface area contributed by atoms with Gasteiger partial charge in [0.2, 0.25) is 21.8 Å². The molecule has 1 aliphatic rings. The second kappa shape index (κ2) is 14.6. The summed E-state index contributed by atoms with van der Waals surface area (Å²) in [7, 11) is -1.07. The van der Waals surface area contributed by atoms with E-state index in [-0.39, 0.29) is 36.4 Å². The Hall–Kier alpha value is -3.76. The van der Waals surface area contributed by atoms with Crippen LogP contribution >= 0.6 is 11.6 Å². The number of methoxy groups -OCH3 is 2. The van der Waals surface area contributed by atoms with Gasteiger partial charge in [-0.1, -0.05) is 73.0 Å². The zero-order valence-electron chi connectivity index (χ0n) is 24.7. The first-order valence-corrected chi connectivity index (χ1v) is 16.4. The number of amides is 2. The molecule has 2 amide bonds. The van der Waals surface area contributed by atoms with Gasteiger partial charge in [-0.05, 0) is 42.2 Å². The van der Waals surface area contributed by atoms with Gasteiger partial charge in [0.05, 0.1) is 26.2 Å². The van der Waals surface area contributed by atoms with Crippen LogP contribution < -0.4 is 19.1 Å². The molecule has 0 spiro atoms. The van der Waals surface area contributed by atoms with Gasteiger partial charge in [-0.2, -0.15) is 0 Å². The fourth-order valence-electron chi connectivity index (χ4n) is 5.32. The highest BCUT2D eigenvalue weighted by atomic mass is 35.5. The number of hydrogen-bond donors (Lipinski definition) is 1. The molecule has 1 fully saturated rings. The fraction of sp³-hybridized carbons (Fsp3) is 0.375. The topological polar surface area (TPSA) is 105 Å². The van der Waals surface area contributed by atoms with Gasteiger partial charge in [-0.25, -0.2) is 8.42 Å². The third-order valence-electron chi connectivity index (χ3n) is 7.61. The molecule has 0 aromatic heterocycles. The van der Waals surface area contributed by atoms with E-state index >= 15 is 0 Å². The number of nitrogens with one attached hydrogen (secondary N) is 1. The van der Waals surface area contributed by atoms with Gasteiger partial charge in [0.25, 0.3) is 0 Å². The highest BCUT2D eigenvalue weighted by Gasteiger charge is 2.35. The van der Waals surface area contributed by atoms with Crippen molar-refractivity contribution in [2.45, 2.75) is 50.7 Å². The largest absolute Gasteiger partial charge is 0.497 e. The van der Waals surface area contributed by atoms with Crippen LogP contribution in [0.3, 0.4) is 0 Å². The van der Waals surface area contributed by atoms with E-state index in [1.165, 1.54) is 25.2 Å². The van der Waals surface area contributed by atoms with Crippen LogP contribution in [0.2, 0.25) is 5.02 Å². The minimum atomic E-state index is -3.96. The average Bonchev–Trinajstić information content (AvgIpc) is 3.51. The number of carbonyl (C=O) groups is 2. The molecule has 11 heteroatoms. The molecule has 43 heavy (non-hydrogen) atoms. The smallest absolute Gasteiger partial charge is 0.244 e. The number of benzene rings is 3. The molecular weight excluding hydrogens is 590 g/mol. The Morgan fingerprint density at radius 3 is 2.28 bits per heavy atom. The van der Waals surface area contributed by atoms with E-state index in [0.29, 0.717) is 16.3 Å². The Kier molecular flexibility index (Phi) is 10.9. The second-order valence-electron chi connectivity index (χ2n) is 10.6. The van der Waals surface area contributed by atoms with Crippen molar-refractivity contribution in [2.24, 2.45) is 0 Å². The maximum atomic E-state index is 14.3. The lowest BCUT2D eigenvalue weighted by Gasteiger charge is -2.34. The molecule has 3 aromatic rings. The van der Waals surface area contributed by atoms with Crippen LogP contribution in [0.4, 0.5) is 5.69 Å². The molecule has 1 N–H and O–H groups in total. The second-order valence-corrected chi connectivity index (χ2v) is 12.9. The minimum Gasteiger partial charge on any atom is -0.497 e. The lowest BCUT2D eigenvalue weighted by atomic mass is 10.0. The summed E-state index contributed by atoms with van der Waals surface area (Å²) in [6.45, 7) is -0.556. The van der Waals surface area contributed by atoms with Crippen LogP contribution in [0, 0.1) is 0 Å². The van der Waals surface area contributed by atoms with Crippen molar-refractivity contribution < 1.29 is 27.5 Å². The minimum absolute atomic E-state index is 0.00540. The lowest BCUT2D eigenvalue weighted by Crippen LogP contribution is -2.54. The average molecular weight is 628 g/mol. The molecule has 3 aromatic carbocycles. The molecule has 0 aliphatic heterocycles. The van der Waals surface area contributed by atoms with Crippen LogP contribution in [0.1, 0.15) is 36.8 Å². The maximum Gasteiger partial charge on any atom is 0.244 e. The molecule has 0 heterocycles. The molecule has 0 radical (unpaired) electrons. The first-order chi connectivity index (χ1) is 20.6. The quantitative estimate of drug-likeness (QED) is 0.291. The van der Waals surface area contributed by atoms with Crippen LogP contribution in [0.15, 0.2) is 72.8 Å². The third-order valence-corrected chi connectivity index (χ3v) is 9.10. The summed E-state index contributed by atoms with van der Waals surface area (Å²) in [4.78, 5) is 29.7. The Balaban J connectivity index is 1.76. The number of rotatable bonds is 13. The number of halogens is 1. The van der Waals surface area contributed by atoms with Crippen LogP contribution in [0.25, 0.3) is 0 Å². The first-order valence-electron chi connectivity index (χ1n) is 14.2. The van der Waals surface area contributed by atoms with E-state index in [1.54, 1.807) is 36.4 Å². The number of nitrogens with zero attached hydrogens (tertiary/aromatic N) is 2. The van der Waals surface area contributed by atoms with Crippen LogP contribution in [-0.2, 0) is 32.6 Å². The third kappa shape index (κ3) is 8.42. The molecule has 4 rings (SSSR count). The Bertz CT molecular complexity index is 1510. The van der Waals surface area contributed by atoms with Crippen LogP contribution in [-0.4, -0.2) is 64.2 Å². The van der Waals surface area contributed by atoms with Gasteiger partial charge in [-0.3, -0.25) is 13.9 Å². The van der Waals surface area contributed by atoms with E-state index in [0.717, 1.165) is 41.8 Å². The molecule has 0 saturated heterocycles. The van der Waals surface area contributed by atoms with E-state index in [1.807, 2.05) is 30.3 Å². The van der Waals surface area contributed by atoms with Crippen molar-refractivity contribution >= 4 is 39.1 Å².